The zero-order chi connectivity index (χ0) is 34.8. The fraction of sp³-hybridized carbons (Fsp3) is 0.548. The number of nitrogens with zero attached hydrogens (tertiary/aromatic N) is 1. The third-order valence-corrected chi connectivity index (χ3v) is 8.37. The van der Waals surface area contributed by atoms with Gasteiger partial charge in [-0.3, -0.25) is 24.0 Å². The van der Waals surface area contributed by atoms with Crippen LogP contribution in [0.2, 0.25) is 0 Å². The number of H-pyrrole nitrogens is 1. The van der Waals surface area contributed by atoms with E-state index in [2.05, 4.69) is 26.3 Å². The van der Waals surface area contributed by atoms with Crippen LogP contribution in [0.3, 0.4) is 0 Å². The molecule has 2 heterocycles. The molecule has 10 N–H and O–H groups in total. The molecular formula is C31H45N7O9. The van der Waals surface area contributed by atoms with Gasteiger partial charge in [-0.15, -0.1) is 0 Å². The number of likely N-dealkylation sites (tertiary alicyclic amines) is 1. The van der Waals surface area contributed by atoms with Crippen molar-refractivity contribution in [3.05, 3.63) is 36.0 Å². The topological polar surface area (TPSA) is 256 Å². The molecule has 258 valence electrons. The van der Waals surface area contributed by atoms with Crippen molar-refractivity contribution in [2.45, 2.75) is 82.7 Å². The summed E-state index contributed by atoms with van der Waals surface area (Å²) in [7, 11) is 0. The van der Waals surface area contributed by atoms with Crippen molar-refractivity contribution in [3.63, 3.8) is 0 Å². The zero-order valence-corrected chi connectivity index (χ0v) is 26.7. The van der Waals surface area contributed by atoms with Crippen LogP contribution >= 0.6 is 0 Å². The molecule has 0 spiro atoms. The second kappa shape index (κ2) is 16.9. The first-order chi connectivity index (χ1) is 22.3. The van der Waals surface area contributed by atoms with E-state index >= 15 is 0 Å². The van der Waals surface area contributed by atoms with Crippen molar-refractivity contribution in [2.75, 3.05) is 19.8 Å². The summed E-state index contributed by atoms with van der Waals surface area (Å²) in [4.78, 5) is 81.8. The van der Waals surface area contributed by atoms with Crippen molar-refractivity contribution >= 4 is 46.4 Å². The number of aliphatic hydroxyl groups is 2. The molecule has 16 heteroatoms. The molecule has 1 aromatic heterocycles. The molecule has 1 aromatic carbocycles. The van der Waals surface area contributed by atoms with Crippen LogP contribution in [0.4, 0.5) is 0 Å². The van der Waals surface area contributed by atoms with Crippen molar-refractivity contribution in [1.29, 1.82) is 0 Å². The number of carbonyl (C=O) groups is 6. The minimum absolute atomic E-state index is 0.102. The van der Waals surface area contributed by atoms with Crippen LogP contribution < -0.4 is 27.0 Å². The number of para-hydroxylation sites is 1. The molecule has 0 aliphatic carbocycles. The van der Waals surface area contributed by atoms with Crippen LogP contribution in [0, 0.1) is 5.92 Å². The molecule has 47 heavy (non-hydrogen) atoms. The summed E-state index contributed by atoms with van der Waals surface area (Å²) >= 11 is 0. The summed E-state index contributed by atoms with van der Waals surface area (Å²) in [5, 5.41) is 39.4. The second-order valence-corrected chi connectivity index (χ2v) is 11.8. The normalized spacial score (nSPS) is 18.3. The van der Waals surface area contributed by atoms with Crippen molar-refractivity contribution in [3.8, 4) is 0 Å². The lowest BCUT2D eigenvalue weighted by molar-refractivity contribution is -0.143. The summed E-state index contributed by atoms with van der Waals surface area (Å²) in [6, 6.07) is -0.131. The predicted molar refractivity (Wildman–Crippen MR) is 169 cm³/mol. The molecule has 1 aliphatic rings. The molecule has 0 saturated carbocycles. The number of carboxylic acids is 1. The number of aliphatic hydroxyl groups excluding tert-OH is 2. The number of rotatable bonds is 16. The van der Waals surface area contributed by atoms with Gasteiger partial charge in [0.25, 0.3) is 0 Å². The summed E-state index contributed by atoms with van der Waals surface area (Å²) in [6.07, 6.45) is 2.97. The van der Waals surface area contributed by atoms with Crippen LogP contribution in [0.5, 0.6) is 0 Å². The van der Waals surface area contributed by atoms with Gasteiger partial charge >= 0.3 is 5.97 Å². The molecule has 1 fully saturated rings. The van der Waals surface area contributed by atoms with Gasteiger partial charge in [-0.25, -0.2) is 4.79 Å². The Morgan fingerprint density at radius 1 is 0.936 bits per heavy atom. The van der Waals surface area contributed by atoms with Gasteiger partial charge in [0, 0.05) is 30.1 Å². The Labute approximate surface area is 271 Å². The molecular weight excluding hydrogens is 614 g/mol. The van der Waals surface area contributed by atoms with Crippen molar-refractivity contribution < 1.29 is 44.1 Å². The summed E-state index contributed by atoms with van der Waals surface area (Å²) < 4.78 is 0. The van der Waals surface area contributed by atoms with Crippen LogP contribution in [-0.4, -0.2) is 117 Å². The largest absolute Gasteiger partial charge is 0.480 e. The van der Waals surface area contributed by atoms with E-state index in [-0.39, 0.29) is 12.3 Å². The molecule has 1 aliphatic heterocycles. The van der Waals surface area contributed by atoms with Gasteiger partial charge in [0.15, 0.2) is 0 Å². The highest BCUT2D eigenvalue weighted by molar-refractivity contribution is 5.97. The number of benzene rings is 1. The molecule has 7 atom stereocenters. The lowest BCUT2D eigenvalue weighted by Crippen LogP contribution is -2.61. The molecule has 0 unspecified atom stereocenters. The third-order valence-electron chi connectivity index (χ3n) is 8.37. The van der Waals surface area contributed by atoms with E-state index in [1.807, 2.05) is 6.07 Å². The summed E-state index contributed by atoms with van der Waals surface area (Å²) in [5.74, 6) is -5.46. The van der Waals surface area contributed by atoms with Gasteiger partial charge in [-0.2, -0.15) is 0 Å². The molecule has 0 radical (unpaired) electrons. The monoisotopic (exact) mass is 659 g/mol. The van der Waals surface area contributed by atoms with Crippen LogP contribution in [-0.2, 0) is 35.2 Å². The third kappa shape index (κ3) is 9.27. The Morgan fingerprint density at radius 3 is 2.17 bits per heavy atom. The molecule has 2 aromatic rings. The molecule has 3 rings (SSSR count). The van der Waals surface area contributed by atoms with E-state index in [0.717, 1.165) is 10.9 Å². The average Bonchev–Trinajstić information content (AvgIpc) is 3.71. The number of nitrogens with two attached hydrogens (primary N) is 1. The van der Waals surface area contributed by atoms with Gasteiger partial charge in [0.1, 0.15) is 30.2 Å². The second-order valence-electron chi connectivity index (χ2n) is 11.8. The number of fused-ring (bicyclic) bond motifs is 1. The van der Waals surface area contributed by atoms with E-state index in [4.69, 9.17) is 5.73 Å². The Balaban J connectivity index is 1.78. The Morgan fingerprint density at radius 2 is 1.55 bits per heavy atom. The highest BCUT2D eigenvalue weighted by atomic mass is 16.4. The average molecular weight is 660 g/mol. The Bertz CT molecular complexity index is 1450. The van der Waals surface area contributed by atoms with Crippen molar-refractivity contribution in [2.24, 2.45) is 11.7 Å². The lowest BCUT2D eigenvalue weighted by Gasteiger charge is -2.30. The maximum Gasteiger partial charge on any atom is 0.328 e. The molecule has 16 nitrogen and oxygen atoms in total. The number of hydrogen-bond donors (Lipinski definition) is 9. The standard InChI is InChI=1S/C31H45N7O9/c1-4-16(2)25(37-28(43)24-10-7-11-38(24)30(45)17(3)32)29(44)35-22(14-39)27(42)34-21(26(41)36-23(15-40)31(46)47)12-18-13-33-20-9-6-5-8-19(18)20/h5-6,8-9,13,16-17,21-25,33,39-40H,4,7,10-12,14-15,32H2,1-3H3,(H,34,42)(H,35,44)(H,36,41)(H,37,43)(H,46,47)/t16-,17-,21-,22-,23-,24-,25-/m0/s1. The van der Waals surface area contributed by atoms with E-state index in [1.165, 1.54) is 11.8 Å². The summed E-state index contributed by atoms with van der Waals surface area (Å²) in [5.41, 5.74) is 7.12. The molecule has 1 saturated heterocycles. The number of aromatic amines is 1. The predicted octanol–water partition coefficient (Wildman–Crippen LogP) is -1.90. The zero-order valence-electron chi connectivity index (χ0n) is 26.7. The highest BCUT2D eigenvalue weighted by Crippen LogP contribution is 2.21. The number of aromatic nitrogens is 1. The maximum absolute atomic E-state index is 13.5. The van der Waals surface area contributed by atoms with E-state index in [9.17, 15) is 44.1 Å². The fourth-order valence-corrected chi connectivity index (χ4v) is 5.43. The van der Waals surface area contributed by atoms with Crippen LogP contribution in [0.25, 0.3) is 10.9 Å². The molecule has 5 amide bonds. The first-order valence-corrected chi connectivity index (χ1v) is 15.6. The van der Waals surface area contributed by atoms with E-state index in [1.54, 1.807) is 38.2 Å². The number of aliphatic carboxylic acids is 1. The van der Waals surface area contributed by atoms with E-state index in [0.29, 0.717) is 31.4 Å². The molecule has 0 bridgehead atoms. The number of amides is 5. The van der Waals surface area contributed by atoms with Crippen LogP contribution in [0.1, 0.15) is 45.6 Å². The first kappa shape index (κ1) is 36.9. The van der Waals surface area contributed by atoms with E-state index < -0.39 is 85.0 Å². The van der Waals surface area contributed by atoms with Gasteiger partial charge in [-0.1, -0.05) is 38.5 Å². The highest BCUT2D eigenvalue weighted by Gasteiger charge is 2.38. The van der Waals surface area contributed by atoms with Gasteiger partial charge in [-0.05, 0) is 37.3 Å². The van der Waals surface area contributed by atoms with Crippen LogP contribution in [0.15, 0.2) is 30.5 Å². The van der Waals surface area contributed by atoms with Crippen molar-refractivity contribution in [1.82, 2.24) is 31.2 Å². The number of carbonyl (C=O) groups excluding carboxylic acids is 5. The number of hydrogen-bond acceptors (Lipinski definition) is 9. The minimum atomic E-state index is -1.64. The smallest absolute Gasteiger partial charge is 0.328 e. The Kier molecular flexibility index (Phi) is 13.2. The SMILES string of the molecule is CC[C@H](C)[C@H](NC(=O)[C@@H]1CCCN1C(=O)[C@H](C)N)C(=O)N[C@@H](CO)C(=O)N[C@@H](Cc1c[nH]c2ccccc12)C(=O)N[C@@H](CO)C(=O)O. The maximum atomic E-state index is 13.5. The minimum Gasteiger partial charge on any atom is -0.480 e. The number of nitrogens with one attached hydrogen (secondary N) is 5. The Hall–Kier alpha value is -4.54. The van der Waals surface area contributed by atoms with Gasteiger partial charge < -0.3 is 52.2 Å². The summed E-state index contributed by atoms with van der Waals surface area (Å²) in [6.45, 7) is 3.64. The fourth-order valence-electron chi connectivity index (χ4n) is 5.43. The number of carboxylic acid groups (broad SMARTS) is 1. The quantitative estimate of drug-likeness (QED) is 0.0967. The van der Waals surface area contributed by atoms with Gasteiger partial charge in [0.2, 0.25) is 29.5 Å². The first-order valence-electron chi connectivity index (χ1n) is 15.6. The lowest BCUT2D eigenvalue weighted by atomic mass is 9.97. The van der Waals surface area contributed by atoms with Gasteiger partial charge in [0.05, 0.1) is 19.3 Å².